The molecule has 9 aromatic carbocycles. The maximum Gasteiger partial charge on any atom is 0.128 e. The summed E-state index contributed by atoms with van der Waals surface area (Å²) in [6.07, 6.45) is 8.35. The van der Waals surface area contributed by atoms with E-state index in [1.807, 2.05) is 0 Å². The first-order valence-electron chi connectivity index (χ1n) is 29.3. The Labute approximate surface area is 466 Å². The SMILES string of the molecule is CCC1(CC)c2ccccc2-c2ccc(-c3ccc4c(c3)C(CC)(CC)c3cc(N(c5ccc6c(c5)C(CC)(CC)c5cc(-c7ccc8c(c7)C(CC)(CC)c7ccccc7-8)ccc5-6)c5cccc6nsnc56)ccc3-4)cc21. The van der Waals surface area contributed by atoms with Gasteiger partial charge in [0.15, 0.2) is 0 Å². The summed E-state index contributed by atoms with van der Waals surface area (Å²) in [5.74, 6) is 0. The van der Waals surface area contributed by atoms with E-state index in [-0.39, 0.29) is 21.7 Å². The summed E-state index contributed by atoms with van der Waals surface area (Å²) in [6, 6.07) is 68.7. The fourth-order valence-corrected chi connectivity index (χ4v) is 16.9. The van der Waals surface area contributed by atoms with E-state index in [0.717, 1.165) is 79.5 Å². The van der Waals surface area contributed by atoms with Crippen molar-refractivity contribution in [2.24, 2.45) is 0 Å². The maximum absolute atomic E-state index is 4.99. The van der Waals surface area contributed by atoms with Crippen molar-refractivity contribution in [3.8, 4) is 66.8 Å². The van der Waals surface area contributed by atoms with Gasteiger partial charge in [-0.15, -0.1) is 0 Å². The van der Waals surface area contributed by atoms with Crippen LogP contribution in [0.3, 0.4) is 0 Å². The number of hydrogen-bond donors (Lipinski definition) is 0. The molecule has 0 N–H and O–H groups in total. The van der Waals surface area contributed by atoms with Gasteiger partial charge in [0.2, 0.25) is 0 Å². The van der Waals surface area contributed by atoms with Crippen LogP contribution in [-0.2, 0) is 21.7 Å². The summed E-state index contributed by atoms with van der Waals surface area (Å²) in [5.41, 5.74) is 32.8. The Hall–Kier alpha value is -7.40. The fourth-order valence-electron chi connectivity index (χ4n) is 16.3. The second-order valence-corrected chi connectivity index (χ2v) is 23.5. The quantitative estimate of drug-likeness (QED) is 0.115. The second kappa shape index (κ2) is 18.1. The normalized spacial score (nSPS) is 15.7. The van der Waals surface area contributed by atoms with Crippen LogP contribution in [0, 0.1) is 0 Å². The zero-order valence-corrected chi connectivity index (χ0v) is 47.5. The van der Waals surface area contributed by atoms with Crippen molar-refractivity contribution in [1.82, 2.24) is 8.75 Å². The first-order chi connectivity index (χ1) is 38.2. The topological polar surface area (TPSA) is 29.0 Å². The molecule has 14 rings (SSSR count). The number of aromatic nitrogens is 2. The molecule has 0 saturated carbocycles. The van der Waals surface area contributed by atoms with Crippen molar-refractivity contribution in [1.29, 1.82) is 0 Å². The van der Waals surface area contributed by atoms with Gasteiger partial charge in [0.05, 0.1) is 17.4 Å². The predicted octanol–water partition coefficient (Wildman–Crippen LogP) is 20.8. The van der Waals surface area contributed by atoms with Crippen LogP contribution >= 0.6 is 11.7 Å². The van der Waals surface area contributed by atoms with E-state index in [4.69, 9.17) is 8.75 Å². The van der Waals surface area contributed by atoms with E-state index in [1.165, 1.54) is 123 Å². The summed E-state index contributed by atoms with van der Waals surface area (Å²) < 4.78 is 9.78. The number of hydrogen-bond acceptors (Lipinski definition) is 4. The maximum atomic E-state index is 4.99. The van der Waals surface area contributed by atoms with Gasteiger partial charge in [-0.3, -0.25) is 0 Å². The van der Waals surface area contributed by atoms with Crippen molar-refractivity contribution >= 4 is 39.8 Å². The number of anilines is 3. The average molecular weight is 1030 g/mol. The first kappa shape index (κ1) is 48.9. The summed E-state index contributed by atoms with van der Waals surface area (Å²) in [7, 11) is 0. The molecule has 1 aromatic heterocycles. The zero-order chi connectivity index (χ0) is 53.3. The lowest BCUT2D eigenvalue weighted by atomic mass is 9.72. The molecule has 0 aliphatic heterocycles. The Morgan fingerprint density at radius 1 is 0.308 bits per heavy atom. The Balaban J connectivity index is 0.871. The van der Waals surface area contributed by atoms with Crippen molar-refractivity contribution < 1.29 is 0 Å². The minimum atomic E-state index is -0.158. The van der Waals surface area contributed by atoms with Gasteiger partial charge in [0, 0.05) is 33.0 Å². The average Bonchev–Trinajstić information content (AvgIpc) is 4.30. The van der Waals surface area contributed by atoms with Crippen LogP contribution in [0.4, 0.5) is 17.1 Å². The van der Waals surface area contributed by atoms with Gasteiger partial charge >= 0.3 is 0 Å². The summed E-state index contributed by atoms with van der Waals surface area (Å²) in [5, 5.41) is 0. The molecule has 4 aliphatic carbocycles. The molecule has 0 fully saturated rings. The molecule has 386 valence electrons. The predicted molar refractivity (Wildman–Crippen MR) is 330 cm³/mol. The molecule has 0 unspecified atom stereocenters. The van der Waals surface area contributed by atoms with Crippen LogP contribution in [0.2, 0.25) is 0 Å². The van der Waals surface area contributed by atoms with Gasteiger partial charge in [-0.25, -0.2) is 0 Å². The minimum absolute atomic E-state index is 0.0297. The third-order valence-electron chi connectivity index (χ3n) is 20.7. The lowest BCUT2D eigenvalue weighted by Gasteiger charge is -2.33. The van der Waals surface area contributed by atoms with Crippen LogP contribution in [-0.4, -0.2) is 8.75 Å². The first-order valence-corrected chi connectivity index (χ1v) is 30.0. The number of fused-ring (bicyclic) bond motifs is 13. The van der Waals surface area contributed by atoms with E-state index >= 15 is 0 Å². The van der Waals surface area contributed by atoms with Crippen LogP contribution in [0.25, 0.3) is 77.8 Å². The molecule has 0 spiro atoms. The molecule has 78 heavy (non-hydrogen) atoms. The molecule has 0 saturated heterocycles. The zero-order valence-electron chi connectivity index (χ0n) is 46.6. The summed E-state index contributed by atoms with van der Waals surface area (Å²) in [6.45, 7) is 19.1. The van der Waals surface area contributed by atoms with Gasteiger partial charge in [-0.1, -0.05) is 171 Å². The Morgan fingerprint density at radius 2 is 0.628 bits per heavy atom. The molecule has 0 atom stereocenters. The van der Waals surface area contributed by atoms with Crippen LogP contribution in [0.5, 0.6) is 0 Å². The lowest BCUT2D eigenvalue weighted by Crippen LogP contribution is -2.24. The van der Waals surface area contributed by atoms with E-state index in [9.17, 15) is 0 Å². The van der Waals surface area contributed by atoms with Crippen LogP contribution < -0.4 is 4.90 Å². The molecular weight excluding hydrogens is 963 g/mol. The van der Waals surface area contributed by atoms with Crippen LogP contribution in [0.1, 0.15) is 151 Å². The standard InChI is InChI=1S/C74H69N3S/c1-9-71(10-2)60-24-19-17-22-52(60)54-34-28-46(40-62(54)71)48-30-36-56-58-38-32-50(44-66(58)73(13-5,14-6)64(56)42-48)77(69-27-21-26-68-70(69)76-78-75-68)51-33-39-59-57-37-31-49(43-65(57)74(15-7,16-8)67(59)45-51)47-29-35-55-53-23-18-20-25-61(53)72(11-3,12-4)63(55)41-47/h17-45H,9-16H2,1-8H3. The van der Waals surface area contributed by atoms with Gasteiger partial charge in [0.25, 0.3) is 0 Å². The molecule has 4 heteroatoms. The monoisotopic (exact) mass is 1030 g/mol. The van der Waals surface area contributed by atoms with E-state index in [2.05, 4.69) is 236 Å². The number of benzene rings is 9. The minimum Gasteiger partial charge on any atom is -0.308 e. The number of nitrogens with zero attached hydrogens (tertiary/aromatic N) is 3. The van der Waals surface area contributed by atoms with E-state index < -0.39 is 0 Å². The van der Waals surface area contributed by atoms with Gasteiger partial charge in [-0.05, 0) is 223 Å². The van der Waals surface area contributed by atoms with E-state index in [1.54, 1.807) is 0 Å². The Bertz CT molecular complexity index is 3830. The highest BCUT2D eigenvalue weighted by Crippen LogP contribution is 2.60. The van der Waals surface area contributed by atoms with Crippen LogP contribution in [0.15, 0.2) is 176 Å². The van der Waals surface area contributed by atoms with Crippen molar-refractivity contribution in [3.63, 3.8) is 0 Å². The molecule has 1 heterocycles. The molecule has 0 radical (unpaired) electrons. The smallest absolute Gasteiger partial charge is 0.128 e. The van der Waals surface area contributed by atoms with Crippen molar-refractivity contribution in [3.05, 3.63) is 220 Å². The van der Waals surface area contributed by atoms with Gasteiger partial charge < -0.3 is 4.90 Å². The van der Waals surface area contributed by atoms with Crippen molar-refractivity contribution in [2.75, 3.05) is 4.90 Å². The fraction of sp³-hybridized carbons (Fsp3) is 0.270. The highest BCUT2D eigenvalue weighted by Gasteiger charge is 2.45. The second-order valence-electron chi connectivity index (χ2n) is 23.0. The Kier molecular flexibility index (Phi) is 11.3. The number of rotatable bonds is 13. The van der Waals surface area contributed by atoms with Crippen molar-refractivity contribution in [2.45, 2.75) is 128 Å². The Morgan fingerprint density at radius 3 is 1.00 bits per heavy atom. The lowest BCUT2D eigenvalue weighted by molar-refractivity contribution is 0.490. The summed E-state index contributed by atoms with van der Waals surface area (Å²) in [4.78, 5) is 2.49. The molecule has 0 bridgehead atoms. The largest absolute Gasteiger partial charge is 0.308 e. The highest BCUT2D eigenvalue weighted by molar-refractivity contribution is 7.00. The molecule has 0 amide bonds. The molecule has 10 aromatic rings. The van der Waals surface area contributed by atoms with E-state index in [0.29, 0.717) is 0 Å². The third kappa shape index (κ3) is 6.44. The molecule has 3 nitrogen and oxygen atoms in total. The third-order valence-corrected chi connectivity index (χ3v) is 21.3. The molecular formula is C74H69N3S. The molecule has 4 aliphatic rings. The van der Waals surface area contributed by atoms with Gasteiger partial charge in [0.1, 0.15) is 11.0 Å². The van der Waals surface area contributed by atoms with Gasteiger partial charge in [-0.2, -0.15) is 8.75 Å². The highest BCUT2D eigenvalue weighted by atomic mass is 32.1. The summed E-state index contributed by atoms with van der Waals surface area (Å²) >= 11 is 1.30.